The summed E-state index contributed by atoms with van der Waals surface area (Å²) in [5.41, 5.74) is 0. The Labute approximate surface area is 86.7 Å². The van der Waals surface area contributed by atoms with Gasteiger partial charge < -0.3 is 15.1 Å². The summed E-state index contributed by atoms with van der Waals surface area (Å²) in [5, 5.41) is 18.2. The Balaban J connectivity index is 2.29. The Morgan fingerprint density at radius 3 is 2.36 bits per heavy atom. The highest BCUT2D eigenvalue weighted by Crippen LogP contribution is 2.22. The molecule has 0 bridgehead atoms. The molecule has 2 N–H and O–H groups in total. The molecule has 0 aromatic heterocycles. The molecule has 0 heterocycles. The number of nitrogens with zero attached hydrogens (tertiary/aromatic N) is 1. The van der Waals surface area contributed by atoms with Crippen molar-refractivity contribution in [3.05, 3.63) is 0 Å². The second kappa shape index (κ2) is 6.38. The molecule has 0 unspecified atom stereocenters. The third-order valence-corrected chi connectivity index (χ3v) is 3.19. The molecule has 1 rings (SSSR count). The molecule has 14 heavy (non-hydrogen) atoms. The van der Waals surface area contributed by atoms with E-state index in [2.05, 4.69) is 11.8 Å². The van der Waals surface area contributed by atoms with E-state index in [9.17, 15) is 5.11 Å². The highest BCUT2D eigenvalue weighted by atomic mass is 16.3. The van der Waals surface area contributed by atoms with Gasteiger partial charge in [-0.15, -0.1) is 0 Å². The van der Waals surface area contributed by atoms with Crippen molar-refractivity contribution in [2.24, 2.45) is 0 Å². The Bertz CT molecular complexity index is 141. The zero-order chi connectivity index (χ0) is 10.4. The lowest BCUT2D eigenvalue weighted by Gasteiger charge is -2.35. The molecule has 1 aliphatic carbocycles. The van der Waals surface area contributed by atoms with Crippen LogP contribution in [0.15, 0.2) is 0 Å². The second-order valence-electron chi connectivity index (χ2n) is 4.17. The van der Waals surface area contributed by atoms with Crippen LogP contribution in [0.4, 0.5) is 0 Å². The summed E-state index contributed by atoms with van der Waals surface area (Å²) in [4.78, 5) is 2.43. The monoisotopic (exact) mass is 201 g/mol. The minimum atomic E-state index is -0.0669. The maximum atomic E-state index is 9.40. The maximum absolute atomic E-state index is 9.40. The molecule has 0 amide bonds. The van der Waals surface area contributed by atoms with Gasteiger partial charge in [-0.2, -0.15) is 0 Å². The molecule has 1 aliphatic rings. The fourth-order valence-corrected chi connectivity index (χ4v) is 2.30. The van der Waals surface area contributed by atoms with Crippen molar-refractivity contribution in [1.82, 2.24) is 4.90 Å². The van der Waals surface area contributed by atoms with Gasteiger partial charge in [-0.05, 0) is 38.6 Å². The van der Waals surface area contributed by atoms with Crippen LogP contribution in [0.25, 0.3) is 0 Å². The van der Waals surface area contributed by atoms with E-state index >= 15 is 0 Å². The Kier molecular flexibility index (Phi) is 5.45. The minimum absolute atomic E-state index is 0.0669. The van der Waals surface area contributed by atoms with Crippen LogP contribution in [0, 0.1) is 0 Å². The normalized spacial score (nSPS) is 28.3. The fraction of sp³-hybridized carbons (Fsp3) is 1.00. The number of aliphatic hydroxyl groups is 2. The molecule has 0 aliphatic heterocycles. The van der Waals surface area contributed by atoms with Crippen molar-refractivity contribution >= 4 is 0 Å². The van der Waals surface area contributed by atoms with E-state index in [0.29, 0.717) is 6.04 Å². The third kappa shape index (κ3) is 3.56. The SMILES string of the molecule is CCN(CCCO)C1CCC(O)CC1. The number of hydrogen-bond acceptors (Lipinski definition) is 3. The van der Waals surface area contributed by atoms with E-state index in [1.807, 2.05) is 0 Å². The predicted octanol–water partition coefficient (Wildman–Crippen LogP) is 0.994. The molecule has 1 fully saturated rings. The highest BCUT2D eigenvalue weighted by molar-refractivity contribution is 4.78. The lowest BCUT2D eigenvalue weighted by Crippen LogP contribution is -2.39. The average molecular weight is 201 g/mol. The van der Waals surface area contributed by atoms with Gasteiger partial charge in [0.25, 0.3) is 0 Å². The Hall–Kier alpha value is -0.120. The van der Waals surface area contributed by atoms with Crippen LogP contribution in [0.3, 0.4) is 0 Å². The predicted molar refractivity (Wildman–Crippen MR) is 57.2 cm³/mol. The van der Waals surface area contributed by atoms with Gasteiger partial charge in [0.15, 0.2) is 0 Å². The number of rotatable bonds is 5. The fourth-order valence-electron chi connectivity index (χ4n) is 2.30. The summed E-state index contributed by atoms with van der Waals surface area (Å²) in [6, 6.07) is 0.634. The van der Waals surface area contributed by atoms with E-state index in [1.54, 1.807) is 0 Å². The lowest BCUT2D eigenvalue weighted by molar-refractivity contribution is 0.0729. The van der Waals surface area contributed by atoms with Gasteiger partial charge in [0.2, 0.25) is 0 Å². The molecule has 3 nitrogen and oxygen atoms in total. The van der Waals surface area contributed by atoms with Gasteiger partial charge in [0.05, 0.1) is 6.10 Å². The standard InChI is InChI=1S/C11H23NO2/c1-2-12(8-3-9-13)10-4-6-11(14)7-5-10/h10-11,13-14H,2-9H2,1H3. The van der Waals surface area contributed by atoms with Crippen LogP contribution in [0.2, 0.25) is 0 Å². The molecule has 84 valence electrons. The Morgan fingerprint density at radius 1 is 1.21 bits per heavy atom. The van der Waals surface area contributed by atoms with Crippen LogP contribution < -0.4 is 0 Å². The van der Waals surface area contributed by atoms with Crippen LogP contribution in [-0.2, 0) is 0 Å². The van der Waals surface area contributed by atoms with Gasteiger partial charge >= 0.3 is 0 Å². The van der Waals surface area contributed by atoms with E-state index in [0.717, 1.165) is 45.2 Å². The first-order chi connectivity index (χ1) is 6.77. The molecule has 0 spiro atoms. The van der Waals surface area contributed by atoms with Crippen molar-refractivity contribution in [3.8, 4) is 0 Å². The molecule has 1 saturated carbocycles. The van der Waals surface area contributed by atoms with Crippen LogP contribution in [0.5, 0.6) is 0 Å². The maximum Gasteiger partial charge on any atom is 0.0541 e. The topological polar surface area (TPSA) is 43.7 Å². The number of hydrogen-bond donors (Lipinski definition) is 2. The lowest BCUT2D eigenvalue weighted by atomic mass is 9.92. The molecular formula is C11H23NO2. The van der Waals surface area contributed by atoms with Crippen LogP contribution >= 0.6 is 0 Å². The van der Waals surface area contributed by atoms with E-state index < -0.39 is 0 Å². The average Bonchev–Trinajstić information content (AvgIpc) is 2.21. The minimum Gasteiger partial charge on any atom is -0.396 e. The summed E-state index contributed by atoms with van der Waals surface area (Å²) < 4.78 is 0. The summed E-state index contributed by atoms with van der Waals surface area (Å²) >= 11 is 0. The van der Waals surface area contributed by atoms with E-state index in [4.69, 9.17) is 5.11 Å². The van der Waals surface area contributed by atoms with Gasteiger partial charge in [0, 0.05) is 19.2 Å². The molecular weight excluding hydrogens is 178 g/mol. The largest absolute Gasteiger partial charge is 0.396 e. The van der Waals surface area contributed by atoms with Crippen LogP contribution in [0.1, 0.15) is 39.0 Å². The van der Waals surface area contributed by atoms with Crippen molar-refractivity contribution in [2.45, 2.75) is 51.2 Å². The smallest absolute Gasteiger partial charge is 0.0541 e. The first-order valence-electron chi connectivity index (χ1n) is 5.81. The molecule has 0 radical (unpaired) electrons. The van der Waals surface area contributed by atoms with Gasteiger partial charge in [0.1, 0.15) is 0 Å². The molecule has 0 aromatic rings. The first kappa shape index (κ1) is 12.0. The van der Waals surface area contributed by atoms with Gasteiger partial charge in [-0.25, -0.2) is 0 Å². The van der Waals surface area contributed by atoms with Crippen molar-refractivity contribution < 1.29 is 10.2 Å². The summed E-state index contributed by atoms with van der Waals surface area (Å²) in [6.45, 7) is 4.50. The zero-order valence-electron chi connectivity index (χ0n) is 9.15. The van der Waals surface area contributed by atoms with Crippen molar-refractivity contribution in [1.29, 1.82) is 0 Å². The molecule has 3 heteroatoms. The molecule has 0 saturated heterocycles. The van der Waals surface area contributed by atoms with Gasteiger partial charge in [-0.1, -0.05) is 6.92 Å². The molecule has 0 aromatic carbocycles. The third-order valence-electron chi connectivity index (χ3n) is 3.19. The van der Waals surface area contributed by atoms with Crippen molar-refractivity contribution in [3.63, 3.8) is 0 Å². The van der Waals surface area contributed by atoms with Gasteiger partial charge in [-0.3, -0.25) is 0 Å². The highest BCUT2D eigenvalue weighted by Gasteiger charge is 2.23. The summed E-state index contributed by atoms with van der Waals surface area (Å²) in [5.74, 6) is 0. The summed E-state index contributed by atoms with van der Waals surface area (Å²) in [6.07, 6.45) is 4.91. The summed E-state index contributed by atoms with van der Waals surface area (Å²) in [7, 11) is 0. The van der Waals surface area contributed by atoms with Crippen molar-refractivity contribution in [2.75, 3.05) is 19.7 Å². The Morgan fingerprint density at radius 2 is 1.86 bits per heavy atom. The number of aliphatic hydroxyl groups excluding tert-OH is 2. The first-order valence-corrected chi connectivity index (χ1v) is 5.81. The zero-order valence-corrected chi connectivity index (χ0v) is 9.15. The quantitative estimate of drug-likeness (QED) is 0.697. The van der Waals surface area contributed by atoms with Crippen LogP contribution in [-0.4, -0.2) is 47.0 Å². The van der Waals surface area contributed by atoms with E-state index in [-0.39, 0.29) is 12.7 Å². The van der Waals surface area contributed by atoms with E-state index in [1.165, 1.54) is 0 Å². The second-order valence-corrected chi connectivity index (χ2v) is 4.17. The molecule has 0 atom stereocenters.